The van der Waals surface area contributed by atoms with Crippen LogP contribution in [-0.4, -0.2) is 17.6 Å². The second-order valence-electron chi connectivity index (χ2n) is 6.78. The molecular weight excluding hydrogens is 470 g/mol. The van der Waals surface area contributed by atoms with Gasteiger partial charge in [-0.25, -0.2) is 0 Å². The third kappa shape index (κ3) is 5.35. The summed E-state index contributed by atoms with van der Waals surface area (Å²) in [4.78, 5) is 14.0. The van der Waals surface area contributed by atoms with E-state index in [0.29, 0.717) is 28.5 Å². The molecule has 3 rings (SSSR count). The van der Waals surface area contributed by atoms with Gasteiger partial charge in [0.15, 0.2) is 5.11 Å². The van der Waals surface area contributed by atoms with E-state index in [1.54, 1.807) is 23.5 Å². The van der Waals surface area contributed by atoms with Crippen molar-refractivity contribution in [3.05, 3.63) is 44.2 Å². The summed E-state index contributed by atoms with van der Waals surface area (Å²) in [7, 11) is 0. The fourth-order valence-electron chi connectivity index (χ4n) is 3.21. The van der Waals surface area contributed by atoms with Crippen LogP contribution in [0, 0.1) is 11.3 Å². The number of ether oxygens (including phenoxy) is 1. The summed E-state index contributed by atoms with van der Waals surface area (Å²) in [6, 6.07) is 7.61. The van der Waals surface area contributed by atoms with Crippen LogP contribution >= 0.6 is 39.5 Å². The second kappa shape index (κ2) is 10.2. The number of amides is 1. The number of rotatable bonds is 6. The van der Waals surface area contributed by atoms with E-state index in [0.717, 1.165) is 48.6 Å². The molecule has 1 heterocycles. The molecule has 5 nitrogen and oxygen atoms in total. The highest BCUT2D eigenvalue weighted by molar-refractivity contribution is 9.10. The normalized spacial score (nSPS) is 12.6. The maximum atomic E-state index is 12.8. The van der Waals surface area contributed by atoms with Gasteiger partial charge in [-0.1, -0.05) is 29.3 Å². The van der Waals surface area contributed by atoms with E-state index >= 15 is 0 Å². The number of nitrogens with zero attached hydrogens (tertiary/aromatic N) is 1. The van der Waals surface area contributed by atoms with Crippen molar-refractivity contribution >= 4 is 55.5 Å². The van der Waals surface area contributed by atoms with E-state index in [4.69, 9.17) is 17.0 Å². The summed E-state index contributed by atoms with van der Waals surface area (Å²) in [6.07, 6.45) is 6.08. The molecule has 2 N–H and O–H groups in total. The Hall–Kier alpha value is -1.95. The fourth-order valence-corrected chi connectivity index (χ4v) is 5.07. The predicted molar refractivity (Wildman–Crippen MR) is 124 cm³/mol. The monoisotopic (exact) mass is 491 g/mol. The van der Waals surface area contributed by atoms with Crippen molar-refractivity contribution in [3.63, 3.8) is 0 Å². The van der Waals surface area contributed by atoms with Gasteiger partial charge in [-0.3, -0.25) is 10.1 Å². The lowest BCUT2D eigenvalue weighted by atomic mass is 9.96. The summed E-state index contributed by atoms with van der Waals surface area (Å²) in [5.41, 5.74) is 2.18. The molecule has 1 aliphatic rings. The van der Waals surface area contributed by atoms with E-state index in [-0.39, 0.29) is 11.0 Å². The molecule has 0 saturated carbocycles. The highest BCUT2D eigenvalue weighted by atomic mass is 79.9. The number of fused-ring (bicyclic) bond motifs is 1. The SMILES string of the molecule is CCCCOc1ccc(Br)cc1C(=O)NC(=S)Nc1sc2c(c1C#N)CCCC2. The number of anilines is 1. The molecule has 0 radical (unpaired) electrons. The zero-order valence-electron chi connectivity index (χ0n) is 16.1. The first-order chi connectivity index (χ1) is 14.0. The van der Waals surface area contributed by atoms with Crippen LogP contribution in [0.4, 0.5) is 5.00 Å². The van der Waals surface area contributed by atoms with Crippen molar-refractivity contribution in [3.8, 4) is 11.8 Å². The molecule has 0 saturated heterocycles. The topological polar surface area (TPSA) is 74.2 Å². The zero-order chi connectivity index (χ0) is 20.8. The number of hydrogen-bond donors (Lipinski definition) is 2. The molecule has 152 valence electrons. The molecule has 1 aliphatic carbocycles. The Bertz CT molecular complexity index is 966. The van der Waals surface area contributed by atoms with E-state index < -0.39 is 0 Å². The lowest BCUT2D eigenvalue weighted by molar-refractivity contribution is 0.0973. The van der Waals surface area contributed by atoms with Gasteiger partial charge in [-0.05, 0) is 68.1 Å². The van der Waals surface area contributed by atoms with Crippen LogP contribution in [0.3, 0.4) is 0 Å². The number of carbonyl (C=O) groups is 1. The van der Waals surface area contributed by atoms with Gasteiger partial charge in [0.25, 0.3) is 5.91 Å². The number of thiophene rings is 1. The Morgan fingerprint density at radius 2 is 2.17 bits per heavy atom. The third-order valence-electron chi connectivity index (χ3n) is 4.68. The Balaban J connectivity index is 1.72. The smallest absolute Gasteiger partial charge is 0.261 e. The van der Waals surface area contributed by atoms with Crippen molar-refractivity contribution in [1.29, 1.82) is 5.26 Å². The summed E-state index contributed by atoms with van der Waals surface area (Å²) < 4.78 is 6.54. The highest BCUT2D eigenvalue weighted by Crippen LogP contribution is 2.37. The van der Waals surface area contributed by atoms with Crippen LogP contribution in [0.5, 0.6) is 5.75 Å². The number of aryl methyl sites for hydroxylation is 1. The molecule has 0 bridgehead atoms. The van der Waals surface area contributed by atoms with Gasteiger partial charge in [0.05, 0.1) is 17.7 Å². The minimum Gasteiger partial charge on any atom is -0.493 e. The van der Waals surface area contributed by atoms with E-state index in [1.807, 2.05) is 6.07 Å². The molecule has 0 spiro atoms. The number of benzene rings is 1. The number of unbranched alkanes of at least 4 members (excludes halogenated alkanes) is 1. The molecule has 29 heavy (non-hydrogen) atoms. The molecular formula is C21H22BrN3O2S2. The molecule has 2 aromatic rings. The molecule has 8 heteroatoms. The van der Waals surface area contributed by atoms with Gasteiger partial charge in [0, 0.05) is 9.35 Å². The van der Waals surface area contributed by atoms with Gasteiger partial charge >= 0.3 is 0 Å². The molecule has 1 aromatic carbocycles. The van der Waals surface area contributed by atoms with E-state index in [2.05, 4.69) is 39.6 Å². The van der Waals surface area contributed by atoms with Crippen molar-refractivity contribution in [1.82, 2.24) is 5.32 Å². The number of nitriles is 1. The Labute approximate surface area is 188 Å². The molecule has 0 atom stereocenters. The van der Waals surface area contributed by atoms with Gasteiger partial charge in [-0.15, -0.1) is 11.3 Å². The van der Waals surface area contributed by atoms with E-state index in [9.17, 15) is 10.1 Å². The van der Waals surface area contributed by atoms with Crippen molar-refractivity contribution in [2.75, 3.05) is 11.9 Å². The number of thiocarbonyl (C=S) groups is 1. The van der Waals surface area contributed by atoms with Crippen molar-refractivity contribution < 1.29 is 9.53 Å². The summed E-state index contributed by atoms with van der Waals surface area (Å²) >= 11 is 10.3. The Morgan fingerprint density at radius 1 is 1.38 bits per heavy atom. The van der Waals surface area contributed by atoms with Gasteiger partial charge < -0.3 is 10.1 Å². The van der Waals surface area contributed by atoms with Gasteiger partial charge in [0.2, 0.25) is 0 Å². The van der Waals surface area contributed by atoms with Crippen LogP contribution < -0.4 is 15.4 Å². The molecule has 1 aromatic heterocycles. The minimum absolute atomic E-state index is 0.171. The highest BCUT2D eigenvalue weighted by Gasteiger charge is 2.22. The number of halogens is 1. The first-order valence-corrected chi connectivity index (χ1v) is 11.6. The summed E-state index contributed by atoms with van der Waals surface area (Å²) in [5, 5.41) is 16.2. The average Bonchev–Trinajstić information content (AvgIpc) is 3.05. The second-order valence-corrected chi connectivity index (χ2v) is 9.21. The van der Waals surface area contributed by atoms with Crippen LogP contribution in [0.2, 0.25) is 0 Å². The summed E-state index contributed by atoms with van der Waals surface area (Å²) in [6.45, 7) is 2.63. The maximum absolute atomic E-state index is 12.8. The average molecular weight is 492 g/mol. The fraction of sp³-hybridized carbons (Fsp3) is 0.381. The largest absolute Gasteiger partial charge is 0.493 e. The standard InChI is InChI=1S/C21H22BrN3O2S2/c1-2-3-10-27-17-9-8-13(22)11-15(17)19(26)24-21(28)25-20-16(12-23)14-6-4-5-7-18(14)29-20/h8-9,11H,2-7,10H2,1H3,(H2,24,25,26,28). The number of hydrogen-bond acceptors (Lipinski definition) is 5. The van der Waals surface area contributed by atoms with Crippen LogP contribution in [0.1, 0.15) is 59.0 Å². The first-order valence-electron chi connectivity index (χ1n) is 9.62. The quantitative estimate of drug-likeness (QED) is 0.408. The number of nitrogens with one attached hydrogen (secondary N) is 2. The molecule has 0 aliphatic heterocycles. The predicted octanol–water partition coefficient (Wildman–Crippen LogP) is 5.57. The van der Waals surface area contributed by atoms with Crippen molar-refractivity contribution in [2.45, 2.75) is 45.4 Å². The lowest BCUT2D eigenvalue weighted by Crippen LogP contribution is -2.34. The lowest BCUT2D eigenvalue weighted by Gasteiger charge is -2.13. The van der Waals surface area contributed by atoms with Gasteiger partial charge in [-0.2, -0.15) is 5.26 Å². The van der Waals surface area contributed by atoms with Crippen LogP contribution in [0.25, 0.3) is 0 Å². The Morgan fingerprint density at radius 3 is 2.93 bits per heavy atom. The minimum atomic E-state index is -0.352. The Kier molecular flexibility index (Phi) is 7.64. The van der Waals surface area contributed by atoms with Gasteiger partial charge in [0.1, 0.15) is 16.8 Å². The zero-order valence-corrected chi connectivity index (χ0v) is 19.4. The first kappa shape index (κ1) is 21.8. The maximum Gasteiger partial charge on any atom is 0.261 e. The van der Waals surface area contributed by atoms with E-state index in [1.165, 1.54) is 4.88 Å². The number of carbonyl (C=O) groups excluding carboxylic acids is 1. The van der Waals surface area contributed by atoms with Crippen LogP contribution in [0.15, 0.2) is 22.7 Å². The van der Waals surface area contributed by atoms with Crippen LogP contribution in [-0.2, 0) is 12.8 Å². The molecule has 1 amide bonds. The third-order valence-corrected chi connectivity index (χ3v) is 6.58. The van der Waals surface area contributed by atoms with Crippen molar-refractivity contribution in [2.24, 2.45) is 0 Å². The summed E-state index contributed by atoms with van der Waals surface area (Å²) in [5.74, 6) is 0.168. The molecule has 0 fully saturated rings. The molecule has 0 unspecified atom stereocenters.